The van der Waals surface area contributed by atoms with E-state index < -0.39 is 9.84 Å². The number of rotatable bonds is 7. The van der Waals surface area contributed by atoms with E-state index >= 15 is 0 Å². The summed E-state index contributed by atoms with van der Waals surface area (Å²) in [5.41, 5.74) is 0.527. The van der Waals surface area contributed by atoms with E-state index in [0.29, 0.717) is 18.0 Å². The van der Waals surface area contributed by atoms with Crippen LogP contribution in [-0.2, 0) is 16.4 Å². The number of anilines is 1. The van der Waals surface area contributed by atoms with Crippen LogP contribution in [0.2, 0.25) is 0 Å². The summed E-state index contributed by atoms with van der Waals surface area (Å²) < 4.78 is 24.8. The molecule has 1 aromatic carbocycles. The van der Waals surface area contributed by atoms with Crippen molar-refractivity contribution in [2.75, 3.05) is 23.9 Å². The fraction of sp³-hybridized carbons (Fsp3) is 0.400. The highest BCUT2D eigenvalue weighted by Gasteiger charge is 2.09. The molecule has 10 heteroatoms. The number of hydrogen-bond acceptors (Lipinski definition) is 6. The second kappa shape index (κ2) is 8.34. The number of aromatic nitrogens is 3. The molecule has 0 saturated heterocycles. The van der Waals surface area contributed by atoms with Crippen molar-refractivity contribution < 1.29 is 13.2 Å². The fourth-order valence-electron chi connectivity index (χ4n) is 2.10. The summed E-state index contributed by atoms with van der Waals surface area (Å²) in [7, 11) is -3.24. The molecule has 0 atom stereocenters. The van der Waals surface area contributed by atoms with E-state index in [4.69, 9.17) is 0 Å². The van der Waals surface area contributed by atoms with Crippen molar-refractivity contribution in [3.8, 4) is 0 Å². The number of urea groups is 1. The van der Waals surface area contributed by atoms with Crippen LogP contribution < -0.4 is 10.6 Å². The zero-order chi connectivity index (χ0) is 18.4. The Morgan fingerprint density at radius 1 is 1.24 bits per heavy atom. The summed E-state index contributed by atoms with van der Waals surface area (Å²) in [6.45, 7) is 5.20. The predicted molar refractivity (Wildman–Crippen MR) is 97.7 cm³/mol. The molecule has 0 radical (unpaired) electrons. The molecular formula is C15H21N5O3S2. The predicted octanol–water partition coefficient (Wildman–Crippen LogP) is 1.92. The average Bonchev–Trinajstić information content (AvgIpc) is 2.91. The quantitative estimate of drug-likeness (QED) is 0.559. The number of aryl methyl sites for hydroxylation is 1. The zero-order valence-electron chi connectivity index (χ0n) is 14.3. The summed E-state index contributed by atoms with van der Waals surface area (Å²) in [6, 6.07) is 5.68. The molecule has 0 saturated carbocycles. The highest BCUT2D eigenvalue weighted by Crippen LogP contribution is 2.16. The third kappa shape index (κ3) is 5.46. The molecule has 136 valence electrons. The Kier molecular flexibility index (Phi) is 6.43. The van der Waals surface area contributed by atoms with Crippen molar-refractivity contribution in [1.29, 1.82) is 0 Å². The van der Waals surface area contributed by atoms with Gasteiger partial charge >= 0.3 is 6.03 Å². The van der Waals surface area contributed by atoms with Gasteiger partial charge in [0.05, 0.1) is 4.90 Å². The highest BCUT2D eigenvalue weighted by molar-refractivity contribution is 7.99. The SMILES string of the molecule is CCn1c(C)nnc1SCCNC(=O)Nc1ccc(S(C)(=O)=O)cc1. The van der Waals surface area contributed by atoms with Crippen LogP contribution in [0.5, 0.6) is 0 Å². The number of carbonyl (C=O) groups excluding carboxylic acids is 1. The molecule has 0 spiro atoms. The third-order valence-corrected chi connectivity index (χ3v) is 5.47. The lowest BCUT2D eigenvalue weighted by Gasteiger charge is -2.08. The molecule has 2 aromatic rings. The molecular weight excluding hydrogens is 362 g/mol. The number of benzene rings is 1. The van der Waals surface area contributed by atoms with Crippen LogP contribution >= 0.6 is 11.8 Å². The van der Waals surface area contributed by atoms with Crippen molar-refractivity contribution in [3.63, 3.8) is 0 Å². The Morgan fingerprint density at radius 2 is 1.92 bits per heavy atom. The molecule has 1 heterocycles. The van der Waals surface area contributed by atoms with Crippen molar-refractivity contribution >= 4 is 33.3 Å². The van der Waals surface area contributed by atoms with Gasteiger partial charge in [0.1, 0.15) is 5.82 Å². The van der Waals surface area contributed by atoms with Crippen LogP contribution in [0.1, 0.15) is 12.7 Å². The fourth-order valence-corrected chi connectivity index (χ4v) is 3.63. The summed E-state index contributed by atoms with van der Waals surface area (Å²) >= 11 is 1.53. The maximum atomic E-state index is 11.8. The first-order chi connectivity index (χ1) is 11.8. The Morgan fingerprint density at radius 3 is 2.52 bits per heavy atom. The number of nitrogens with zero attached hydrogens (tertiary/aromatic N) is 3. The van der Waals surface area contributed by atoms with Gasteiger partial charge in [0.2, 0.25) is 0 Å². The number of hydrogen-bond donors (Lipinski definition) is 2. The van der Waals surface area contributed by atoms with Gasteiger partial charge < -0.3 is 15.2 Å². The molecule has 2 amide bonds. The van der Waals surface area contributed by atoms with E-state index in [1.54, 1.807) is 12.1 Å². The number of nitrogens with one attached hydrogen (secondary N) is 2. The summed E-state index contributed by atoms with van der Waals surface area (Å²) in [6.07, 6.45) is 1.14. The Hall–Kier alpha value is -2.07. The minimum absolute atomic E-state index is 0.213. The average molecular weight is 383 g/mol. The molecule has 8 nitrogen and oxygen atoms in total. The lowest BCUT2D eigenvalue weighted by atomic mass is 10.3. The Bertz CT molecular complexity index is 831. The van der Waals surface area contributed by atoms with Crippen LogP contribution in [0.15, 0.2) is 34.3 Å². The first-order valence-corrected chi connectivity index (χ1v) is 10.6. The first kappa shape index (κ1) is 19.3. The molecule has 0 aliphatic heterocycles. The summed E-state index contributed by atoms with van der Waals surface area (Å²) in [5, 5.41) is 14.4. The van der Waals surface area contributed by atoms with E-state index in [9.17, 15) is 13.2 Å². The van der Waals surface area contributed by atoms with E-state index in [-0.39, 0.29) is 10.9 Å². The third-order valence-electron chi connectivity index (χ3n) is 3.38. The molecule has 0 fully saturated rings. The van der Waals surface area contributed by atoms with Gasteiger partial charge in [0.25, 0.3) is 0 Å². The second-order valence-electron chi connectivity index (χ2n) is 5.30. The standard InChI is InChI=1S/C15H21N5O3S2/c1-4-20-11(2)18-19-15(20)24-10-9-16-14(21)17-12-5-7-13(8-6-12)25(3,22)23/h5-8H,4,9-10H2,1-3H3,(H2,16,17,21). The maximum absolute atomic E-state index is 11.8. The largest absolute Gasteiger partial charge is 0.337 e. The van der Waals surface area contributed by atoms with Gasteiger partial charge in [0, 0.05) is 30.8 Å². The van der Waals surface area contributed by atoms with Crippen LogP contribution in [0.25, 0.3) is 0 Å². The van der Waals surface area contributed by atoms with Gasteiger partial charge in [-0.1, -0.05) is 11.8 Å². The van der Waals surface area contributed by atoms with Crippen molar-refractivity contribution in [2.45, 2.75) is 30.4 Å². The molecule has 2 rings (SSSR count). The molecule has 0 bridgehead atoms. The molecule has 0 aliphatic rings. The van der Waals surface area contributed by atoms with Crippen molar-refractivity contribution in [1.82, 2.24) is 20.1 Å². The van der Waals surface area contributed by atoms with Gasteiger partial charge in [-0.15, -0.1) is 10.2 Å². The van der Waals surface area contributed by atoms with Gasteiger partial charge in [-0.3, -0.25) is 0 Å². The lowest BCUT2D eigenvalue weighted by Crippen LogP contribution is -2.30. The molecule has 2 N–H and O–H groups in total. The van der Waals surface area contributed by atoms with Crippen molar-refractivity contribution in [3.05, 3.63) is 30.1 Å². The topological polar surface area (TPSA) is 106 Å². The molecule has 1 aromatic heterocycles. The van der Waals surface area contributed by atoms with Gasteiger partial charge in [-0.25, -0.2) is 13.2 Å². The zero-order valence-corrected chi connectivity index (χ0v) is 15.9. The first-order valence-electron chi connectivity index (χ1n) is 7.69. The normalized spacial score (nSPS) is 11.3. The number of sulfone groups is 1. The summed E-state index contributed by atoms with van der Waals surface area (Å²) in [4.78, 5) is 12.1. The maximum Gasteiger partial charge on any atom is 0.319 e. The monoisotopic (exact) mass is 383 g/mol. The van der Waals surface area contributed by atoms with E-state index in [1.165, 1.54) is 23.9 Å². The van der Waals surface area contributed by atoms with E-state index in [2.05, 4.69) is 20.8 Å². The summed E-state index contributed by atoms with van der Waals surface area (Å²) in [5.74, 6) is 1.53. The van der Waals surface area contributed by atoms with E-state index in [1.807, 2.05) is 18.4 Å². The lowest BCUT2D eigenvalue weighted by molar-refractivity contribution is 0.252. The van der Waals surface area contributed by atoms with Crippen LogP contribution in [0.3, 0.4) is 0 Å². The van der Waals surface area contributed by atoms with Crippen LogP contribution in [0.4, 0.5) is 10.5 Å². The minimum atomic E-state index is -3.24. The van der Waals surface area contributed by atoms with Gasteiger partial charge in [0.15, 0.2) is 15.0 Å². The highest BCUT2D eigenvalue weighted by atomic mass is 32.2. The Labute approximate surface area is 151 Å². The van der Waals surface area contributed by atoms with Crippen molar-refractivity contribution in [2.24, 2.45) is 0 Å². The number of carbonyl (C=O) groups is 1. The second-order valence-corrected chi connectivity index (χ2v) is 8.38. The Balaban J connectivity index is 1.77. The minimum Gasteiger partial charge on any atom is -0.337 e. The number of amides is 2. The van der Waals surface area contributed by atoms with Gasteiger partial charge in [-0.2, -0.15) is 0 Å². The smallest absolute Gasteiger partial charge is 0.319 e. The number of thioether (sulfide) groups is 1. The van der Waals surface area contributed by atoms with E-state index in [0.717, 1.165) is 23.8 Å². The molecule has 0 aliphatic carbocycles. The van der Waals surface area contributed by atoms with Crippen LogP contribution in [0, 0.1) is 6.92 Å². The van der Waals surface area contributed by atoms with Crippen LogP contribution in [-0.4, -0.2) is 47.8 Å². The molecule has 0 unspecified atom stereocenters. The van der Waals surface area contributed by atoms with Gasteiger partial charge in [-0.05, 0) is 38.1 Å². The molecule has 25 heavy (non-hydrogen) atoms.